The van der Waals surface area contributed by atoms with Crippen LogP contribution in [0.2, 0.25) is 5.02 Å². The molecule has 1 N–H and O–H groups in total. The largest absolute Gasteiger partial charge is 0.495 e. The number of nitrogens with one attached hydrogen (secondary N) is 1. The van der Waals surface area contributed by atoms with Crippen molar-refractivity contribution in [2.45, 2.75) is 19.0 Å². The first-order valence-corrected chi connectivity index (χ1v) is 11.4. The highest BCUT2D eigenvalue weighted by Gasteiger charge is 2.42. The zero-order valence-electron chi connectivity index (χ0n) is 18.3. The molecular weight excluding hydrogens is 452 g/mol. The number of hydrogen-bond donors (Lipinski definition) is 1. The van der Waals surface area contributed by atoms with Crippen LogP contribution < -0.4 is 15.0 Å². The lowest BCUT2D eigenvalue weighted by molar-refractivity contribution is 0.415. The second-order valence-corrected chi connectivity index (χ2v) is 8.70. The summed E-state index contributed by atoms with van der Waals surface area (Å²) >= 11 is 12.3. The molecule has 2 atom stereocenters. The Morgan fingerprint density at radius 2 is 1.85 bits per heavy atom. The number of rotatable bonds is 5. The highest BCUT2D eigenvalue weighted by Crippen LogP contribution is 2.43. The van der Waals surface area contributed by atoms with Gasteiger partial charge in [0, 0.05) is 29.5 Å². The van der Waals surface area contributed by atoms with Gasteiger partial charge in [0.2, 0.25) is 0 Å². The molecule has 0 spiro atoms. The predicted octanol–water partition coefficient (Wildman–Crippen LogP) is 6.02. The van der Waals surface area contributed by atoms with Gasteiger partial charge in [0.25, 0.3) is 0 Å². The molecule has 0 radical (unpaired) electrons. The summed E-state index contributed by atoms with van der Waals surface area (Å²) in [5, 5.41) is 4.66. The quantitative estimate of drug-likeness (QED) is 0.358. The standard InChI is InChI=1S/C26H23ClN4OS/c1-17-8-3-4-10-21(17)30-15-7-11-22(30)25-24(20-9-5-6-14-28-20)29-26(33)31(25)18-12-13-23(32-2)19(27)16-18/h3-16,24-25H,1-2H3,(H,29,33)/t24-,25-/m1/s1. The molecule has 0 aliphatic carbocycles. The number of hydrogen-bond acceptors (Lipinski definition) is 3. The average Bonchev–Trinajstić information content (AvgIpc) is 3.44. The number of thiocarbonyl (C=S) groups is 1. The van der Waals surface area contributed by atoms with Crippen molar-refractivity contribution >= 4 is 34.6 Å². The Labute approximate surface area is 203 Å². The molecule has 2 aromatic heterocycles. The smallest absolute Gasteiger partial charge is 0.174 e. The first kappa shape index (κ1) is 21.5. The maximum atomic E-state index is 6.50. The number of pyridine rings is 1. The Hall–Kier alpha value is -3.35. The molecule has 4 aromatic rings. The van der Waals surface area contributed by atoms with Crippen molar-refractivity contribution in [3.63, 3.8) is 0 Å². The van der Waals surface area contributed by atoms with Crippen LogP contribution in [0.5, 0.6) is 5.75 Å². The topological polar surface area (TPSA) is 42.3 Å². The number of aromatic nitrogens is 2. The minimum Gasteiger partial charge on any atom is -0.495 e. The van der Waals surface area contributed by atoms with Crippen LogP contribution >= 0.6 is 23.8 Å². The van der Waals surface area contributed by atoms with Gasteiger partial charge in [-0.1, -0.05) is 35.9 Å². The molecule has 3 heterocycles. The third-order valence-electron chi connectivity index (χ3n) is 5.97. The molecule has 2 aromatic carbocycles. The van der Waals surface area contributed by atoms with Gasteiger partial charge >= 0.3 is 0 Å². The molecule has 7 heteroatoms. The van der Waals surface area contributed by atoms with Gasteiger partial charge in [0.1, 0.15) is 11.8 Å². The lowest BCUT2D eigenvalue weighted by Crippen LogP contribution is -2.30. The fraction of sp³-hybridized carbons (Fsp3) is 0.154. The second-order valence-electron chi connectivity index (χ2n) is 7.90. The van der Waals surface area contributed by atoms with Gasteiger partial charge in [-0.05, 0) is 73.2 Å². The van der Waals surface area contributed by atoms with Crippen molar-refractivity contribution < 1.29 is 4.74 Å². The molecule has 0 unspecified atom stereocenters. The molecule has 0 amide bonds. The molecule has 33 heavy (non-hydrogen) atoms. The predicted molar refractivity (Wildman–Crippen MR) is 136 cm³/mol. The van der Waals surface area contributed by atoms with E-state index >= 15 is 0 Å². The van der Waals surface area contributed by atoms with E-state index in [9.17, 15) is 0 Å². The molecule has 1 fully saturated rings. The molecule has 1 aliphatic rings. The van der Waals surface area contributed by atoms with E-state index in [1.807, 2.05) is 42.6 Å². The molecule has 5 rings (SSSR count). The minimum absolute atomic E-state index is 0.141. The fourth-order valence-corrected chi connectivity index (χ4v) is 5.02. The molecule has 5 nitrogen and oxygen atoms in total. The third-order valence-corrected chi connectivity index (χ3v) is 6.58. The van der Waals surface area contributed by atoms with Crippen LogP contribution in [-0.2, 0) is 0 Å². The van der Waals surface area contributed by atoms with E-state index in [4.69, 9.17) is 28.6 Å². The van der Waals surface area contributed by atoms with E-state index in [0.29, 0.717) is 15.9 Å². The van der Waals surface area contributed by atoms with E-state index < -0.39 is 0 Å². The van der Waals surface area contributed by atoms with Gasteiger partial charge in [-0.3, -0.25) is 4.98 Å². The van der Waals surface area contributed by atoms with E-state index in [-0.39, 0.29) is 12.1 Å². The summed E-state index contributed by atoms with van der Waals surface area (Å²) in [6.45, 7) is 2.12. The van der Waals surface area contributed by atoms with Crippen molar-refractivity contribution in [1.82, 2.24) is 14.9 Å². The maximum Gasteiger partial charge on any atom is 0.174 e. The second kappa shape index (κ2) is 8.89. The Morgan fingerprint density at radius 1 is 1.03 bits per heavy atom. The highest BCUT2D eigenvalue weighted by atomic mass is 35.5. The monoisotopic (exact) mass is 474 g/mol. The van der Waals surface area contributed by atoms with Crippen molar-refractivity contribution in [2.24, 2.45) is 0 Å². The summed E-state index contributed by atoms with van der Waals surface area (Å²) in [6, 6.07) is 24.0. The maximum absolute atomic E-state index is 6.50. The summed E-state index contributed by atoms with van der Waals surface area (Å²) in [7, 11) is 1.61. The van der Waals surface area contributed by atoms with Crippen molar-refractivity contribution in [3.8, 4) is 11.4 Å². The number of ether oxygens (including phenoxy) is 1. The Morgan fingerprint density at radius 3 is 2.58 bits per heavy atom. The molecule has 1 aliphatic heterocycles. The number of halogens is 1. The third kappa shape index (κ3) is 3.86. The zero-order chi connectivity index (χ0) is 22.9. The molecule has 0 bridgehead atoms. The van der Waals surface area contributed by atoms with Gasteiger partial charge < -0.3 is 19.5 Å². The van der Waals surface area contributed by atoms with E-state index in [1.54, 1.807) is 7.11 Å². The number of aryl methyl sites for hydroxylation is 1. The number of benzene rings is 2. The molecular formula is C26H23ClN4OS. The number of anilines is 1. The van der Waals surface area contributed by atoms with Crippen molar-refractivity contribution in [1.29, 1.82) is 0 Å². The van der Waals surface area contributed by atoms with Crippen LogP contribution in [0.1, 0.15) is 29.0 Å². The lowest BCUT2D eigenvalue weighted by Gasteiger charge is -2.29. The van der Waals surface area contributed by atoms with Crippen molar-refractivity contribution in [3.05, 3.63) is 107 Å². The SMILES string of the molecule is COc1ccc(N2C(=S)N[C@H](c3ccccn3)[C@H]2c2cccn2-c2ccccc2C)cc1Cl. The Bertz CT molecular complexity index is 1310. The van der Waals surface area contributed by atoms with Crippen molar-refractivity contribution in [2.75, 3.05) is 12.0 Å². The van der Waals surface area contributed by atoms with Crippen LogP contribution in [0.25, 0.3) is 5.69 Å². The highest BCUT2D eigenvalue weighted by molar-refractivity contribution is 7.80. The summed E-state index contributed by atoms with van der Waals surface area (Å²) in [4.78, 5) is 6.76. The van der Waals surface area contributed by atoms with E-state index in [2.05, 4.69) is 69.3 Å². The van der Waals surface area contributed by atoms with Gasteiger partial charge in [-0.2, -0.15) is 0 Å². The summed E-state index contributed by atoms with van der Waals surface area (Å²) in [5.74, 6) is 0.625. The summed E-state index contributed by atoms with van der Waals surface area (Å²) in [6.07, 6.45) is 3.90. The van der Waals surface area contributed by atoms with Crippen LogP contribution in [0.15, 0.2) is 85.2 Å². The Balaban J connectivity index is 1.68. The van der Waals surface area contributed by atoms with Crippen LogP contribution in [0.3, 0.4) is 0 Å². The number of para-hydroxylation sites is 1. The fourth-order valence-electron chi connectivity index (χ4n) is 4.43. The van der Waals surface area contributed by atoms with Gasteiger partial charge in [0.05, 0.1) is 23.9 Å². The van der Waals surface area contributed by atoms with Gasteiger partial charge in [-0.25, -0.2) is 0 Å². The average molecular weight is 475 g/mol. The molecule has 166 valence electrons. The lowest BCUT2D eigenvalue weighted by atomic mass is 10.0. The minimum atomic E-state index is -0.147. The van der Waals surface area contributed by atoms with Gasteiger partial charge in [0.15, 0.2) is 5.11 Å². The molecule has 1 saturated heterocycles. The molecule has 0 saturated carbocycles. The first-order chi connectivity index (χ1) is 16.1. The van der Waals surface area contributed by atoms with Crippen LogP contribution in [0, 0.1) is 6.92 Å². The number of nitrogens with zero attached hydrogens (tertiary/aromatic N) is 3. The van der Waals surface area contributed by atoms with Crippen LogP contribution in [-0.4, -0.2) is 21.8 Å². The van der Waals surface area contributed by atoms with Gasteiger partial charge in [-0.15, -0.1) is 0 Å². The summed E-state index contributed by atoms with van der Waals surface area (Å²) in [5.41, 5.74) is 5.22. The van der Waals surface area contributed by atoms with E-state index in [1.165, 1.54) is 5.56 Å². The van der Waals surface area contributed by atoms with Crippen LogP contribution in [0.4, 0.5) is 5.69 Å². The number of methoxy groups -OCH3 is 1. The summed E-state index contributed by atoms with van der Waals surface area (Å²) < 4.78 is 7.58. The Kier molecular flexibility index (Phi) is 5.79. The van der Waals surface area contributed by atoms with E-state index in [0.717, 1.165) is 22.8 Å². The first-order valence-electron chi connectivity index (χ1n) is 10.7. The zero-order valence-corrected chi connectivity index (χ0v) is 19.8. The normalized spacial score (nSPS) is 17.8.